The maximum absolute atomic E-state index is 13.1. The maximum Gasteiger partial charge on any atom is 0.243 e. The van der Waals surface area contributed by atoms with E-state index in [1.54, 1.807) is 31.2 Å². The second-order valence-electron chi connectivity index (χ2n) is 7.89. The van der Waals surface area contributed by atoms with Crippen molar-refractivity contribution in [2.75, 3.05) is 13.1 Å². The van der Waals surface area contributed by atoms with Crippen molar-refractivity contribution in [2.24, 2.45) is 5.92 Å². The lowest BCUT2D eigenvalue weighted by atomic mass is 9.93. The van der Waals surface area contributed by atoms with Gasteiger partial charge in [0.15, 0.2) is 0 Å². The van der Waals surface area contributed by atoms with Crippen molar-refractivity contribution < 1.29 is 13.5 Å². The molecule has 1 aliphatic rings. The summed E-state index contributed by atoms with van der Waals surface area (Å²) < 4.78 is 27.6. The second kappa shape index (κ2) is 7.58. The fraction of sp³-hybridized carbons (Fsp3) is 0.600. The summed E-state index contributed by atoms with van der Waals surface area (Å²) in [6.07, 6.45) is 0. The monoisotopic (exact) mass is 395 g/mol. The third-order valence-corrected chi connectivity index (χ3v) is 14.0. The minimum Gasteiger partial charge on any atom is -0.388 e. The van der Waals surface area contributed by atoms with Crippen molar-refractivity contribution in [1.82, 2.24) is 4.31 Å². The Balaban J connectivity index is 2.34. The predicted molar refractivity (Wildman–Crippen MR) is 110 cm³/mol. The Morgan fingerprint density at radius 1 is 1.23 bits per heavy atom. The van der Waals surface area contributed by atoms with E-state index in [1.165, 1.54) is 4.31 Å². The van der Waals surface area contributed by atoms with Crippen LogP contribution < -0.4 is 0 Å². The number of hydrogen-bond acceptors (Lipinski definition) is 3. The highest BCUT2D eigenvalue weighted by molar-refractivity contribution is 7.89. The smallest absolute Gasteiger partial charge is 0.243 e. The van der Waals surface area contributed by atoms with Gasteiger partial charge in [0, 0.05) is 19.0 Å². The van der Waals surface area contributed by atoms with Gasteiger partial charge in [-0.05, 0) is 26.0 Å². The Hall–Kier alpha value is -0.953. The molecular weight excluding hydrogens is 362 g/mol. The van der Waals surface area contributed by atoms with Gasteiger partial charge in [0.2, 0.25) is 10.0 Å². The van der Waals surface area contributed by atoms with E-state index in [9.17, 15) is 13.5 Å². The number of benzene rings is 1. The van der Waals surface area contributed by atoms with Gasteiger partial charge in [-0.25, -0.2) is 8.42 Å². The zero-order valence-electron chi connectivity index (χ0n) is 16.7. The topological polar surface area (TPSA) is 57.6 Å². The number of sulfonamides is 1. The lowest BCUT2D eigenvalue weighted by molar-refractivity contribution is 0.0482. The van der Waals surface area contributed by atoms with Crippen LogP contribution in [0.5, 0.6) is 0 Å². The molecule has 0 aromatic heterocycles. The molecule has 1 heterocycles. The van der Waals surface area contributed by atoms with Crippen LogP contribution in [0.2, 0.25) is 18.1 Å². The third-order valence-electron chi connectivity index (χ3n) is 6.42. The SMILES string of the molecule is C=C(C1CN(S(=O)(=O)c2ccc(C)cc2)CC1(C)O)[Si](CC)(CC)CC. The number of rotatable bonds is 7. The summed E-state index contributed by atoms with van der Waals surface area (Å²) in [5, 5.41) is 12.2. The van der Waals surface area contributed by atoms with Crippen LogP contribution >= 0.6 is 0 Å². The summed E-state index contributed by atoms with van der Waals surface area (Å²) in [4.78, 5) is 0.287. The first-order valence-electron chi connectivity index (χ1n) is 9.52. The van der Waals surface area contributed by atoms with Crippen LogP contribution in [0.15, 0.2) is 40.9 Å². The maximum atomic E-state index is 13.1. The predicted octanol–water partition coefficient (Wildman–Crippen LogP) is 3.97. The van der Waals surface area contributed by atoms with E-state index < -0.39 is 23.7 Å². The standard InChI is InChI=1S/C20H33NO3SSi/c1-7-26(8-2,9-3)17(5)19-14-21(15-20(19,6)22)25(23,24)18-12-10-16(4)11-13-18/h10-13,19,22H,5,7-9,14-15H2,1-4,6H3. The molecule has 26 heavy (non-hydrogen) atoms. The molecule has 0 radical (unpaired) electrons. The molecule has 0 spiro atoms. The number of β-amino-alcohol motifs (C(OH)–C–C–N with tert-alkyl or cyclic N) is 1. The third kappa shape index (κ3) is 3.70. The first-order valence-corrected chi connectivity index (χ1v) is 13.6. The highest BCUT2D eigenvalue weighted by Gasteiger charge is 2.50. The van der Waals surface area contributed by atoms with Gasteiger partial charge in [0.1, 0.15) is 0 Å². The average Bonchev–Trinajstić information content (AvgIpc) is 2.93. The van der Waals surface area contributed by atoms with Crippen LogP contribution in [0, 0.1) is 12.8 Å². The number of hydrogen-bond donors (Lipinski definition) is 1. The molecule has 1 aliphatic heterocycles. The molecule has 6 heteroatoms. The Bertz CT molecular complexity index is 744. The van der Waals surface area contributed by atoms with Crippen LogP contribution in [0.1, 0.15) is 33.3 Å². The largest absolute Gasteiger partial charge is 0.388 e. The van der Waals surface area contributed by atoms with Crippen molar-refractivity contribution >= 4 is 18.1 Å². The summed E-state index contributed by atoms with van der Waals surface area (Å²) in [5.41, 5.74) is -0.0553. The average molecular weight is 396 g/mol. The van der Waals surface area contributed by atoms with Crippen molar-refractivity contribution in [3.63, 3.8) is 0 Å². The van der Waals surface area contributed by atoms with Crippen molar-refractivity contribution in [3.8, 4) is 0 Å². The quantitative estimate of drug-likeness (QED) is 0.711. The molecule has 1 aromatic carbocycles. The summed E-state index contributed by atoms with van der Waals surface area (Å²) in [7, 11) is -5.34. The van der Waals surface area contributed by atoms with Gasteiger partial charge in [-0.15, -0.1) is 6.58 Å². The molecule has 1 N–H and O–H groups in total. The molecular formula is C20H33NO3SSi. The van der Waals surface area contributed by atoms with Crippen molar-refractivity contribution in [2.45, 2.75) is 63.2 Å². The van der Waals surface area contributed by atoms with Gasteiger partial charge in [-0.3, -0.25) is 0 Å². The van der Waals surface area contributed by atoms with E-state index in [-0.39, 0.29) is 17.4 Å². The van der Waals surface area contributed by atoms with Crippen LogP contribution in [0.3, 0.4) is 0 Å². The number of nitrogens with zero attached hydrogens (tertiary/aromatic N) is 1. The van der Waals surface area contributed by atoms with Gasteiger partial charge in [-0.2, -0.15) is 4.31 Å². The minimum absolute atomic E-state index is 0.120. The summed E-state index contributed by atoms with van der Waals surface area (Å²) in [6.45, 7) is 15.1. The van der Waals surface area contributed by atoms with E-state index in [0.717, 1.165) is 28.9 Å². The second-order valence-corrected chi connectivity index (χ2v) is 15.1. The first kappa shape index (κ1) is 21.3. The highest BCUT2D eigenvalue weighted by atomic mass is 32.2. The Kier molecular flexibility index (Phi) is 6.22. The molecule has 2 rings (SSSR count). The molecule has 2 unspecified atom stereocenters. The van der Waals surface area contributed by atoms with Crippen molar-refractivity contribution in [3.05, 3.63) is 41.6 Å². The zero-order valence-corrected chi connectivity index (χ0v) is 18.6. The van der Waals surface area contributed by atoms with Gasteiger partial charge in [0.25, 0.3) is 0 Å². The van der Waals surface area contributed by atoms with E-state index >= 15 is 0 Å². The molecule has 1 fully saturated rings. The van der Waals surface area contributed by atoms with Gasteiger partial charge < -0.3 is 5.11 Å². The molecule has 0 saturated carbocycles. The Morgan fingerprint density at radius 3 is 2.19 bits per heavy atom. The fourth-order valence-corrected chi connectivity index (χ4v) is 9.82. The van der Waals surface area contributed by atoms with E-state index in [0.29, 0.717) is 6.54 Å². The van der Waals surface area contributed by atoms with Gasteiger partial charge >= 0.3 is 0 Å². The summed E-state index contributed by atoms with van der Waals surface area (Å²) >= 11 is 0. The van der Waals surface area contributed by atoms with Crippen LogP contribution in [-0.2, 0) is 10.0 Å². The van der Waals surface area contributed by atoms with Gasteiger partial charge in [-0.1, -0.05) is 61.8 Å². The van der Waals surface area contributed by atoms with Crippen molar-refractivity contribution in [1.29, 1.82) is 0 Å². The van der Waals surface area contributed by atoms with E-state index in [2.05, 4.69) is 27.4 Å². The molecule has 0 amide bonds. The number of aliphatic hydroxyl groups is 1. The van der Waals surface area contributed by atoms with Crippen LogP contribution in [0.25, 0.3) is 0 Å². The molecule has 4 nitrogen and oxygen atoms in total. The first-order chi connectivity index (χ1) is 12.0. The van der Waals surface area contributed by atoms with Crippen LogP contribution in [0.4, 0.5) is 0 Å². The van der Waals surface area contributed by atoms with E-state index in [1.807, 2.05) is 6.92 Å². The fourth-order valence-electron chi connectivity index (χ4n) is 4.26. The van der Waals surface area contributed by atoms with E-state index in [4.69, 9.17) is 0 Å². The lowest BCUT2D eigenvalue weighted by Gasteiger charge is -2.38. The zero-order chi connectivity index (χ0) is 19.8. The molecule has 146 valence electrons. The highest BCUT2D eigenvalue weighted by Crippen LogP contribution is 2.42. The molecule has 0 bridgehead atoms. The Morgan fingerprint density at radius 2 is 1.73 bits per heavy atom. The molecule has 1 saturated heterocycles. The molecule has 1 aromatic rings. The van der Waals surface area contributed by atoms with Gasteiger partial charge in [0.05, 0.1) is 18.6 Å². The normalized spacial score (nSPS) is 24.8. The Labute approximate surface area is 160 Å². The minimum atomic E-state index is -3.61. The summed E-state index contributed by atoms with van der Waals surface area (Å²) in [5.74, 6) is -0.200. The lowest BCUT2D eigenvalue weighted by Crippen LogP contribution is -2.44. The number of aryl methyl sites for hydroxylation is 1. The summed E-state index contributed by atoms with van der Waals surface area (Å²) in [6, 6.07) is 10.1. The van der Waals surface area contributed by atoms with Crippen LogP contribution in [-0.4, -0.2) is 44.6 Å². The molecule has 2 atom stereocenters. The molecule has 0 aliphatic carbocycles.